The van der Waals surface area contributed by atoms with Gasteiger partial charge in [-0.3, -0.25) is 0 Å². The van der Waals surface area contributed by atoms with E-state index in [4.69, 9.17) is 5.73 Å². The minimum Gasteiger partial charge on any atom is -0.675 e. The van der Waals surface area contributed by atoms with Gasteiger partial charge in [0.1, 0.15) is 0 Å². The summed E-state index contributed by atoms with van der Waals surface area (Å²) in [5.74, 6) is 0. The van der Waals surface area contributed by atoms with Crippen molar-refractivity contribution >= 4 is 0 Å². The Balaban J connectivity index is -0.0000000560. The molecule has 0 radical (unpaired) electrons. The van der Waals surface area contributed by atoms with Crippen molar-refractivity contribution in [3.63, 3.8) is 0 Å². The molecule has 1 atom stereocenters. The van der Waals surface area contributed by atoms with Crippen LogP contribution in [0.2, 0.25) is 0 Å². The minimum absolute atomic E-state index is 0. The van der Waals surface area contributed by atoms with E-state index in [1.54, 1.807) is 0 Å². The molecular formula is C10H26KN. The summed E-state index contributed by atoms with van der Waals surface area (Å²) in [7, 11) is 0. The molecule has 2 heteroatoms. The molecular weight excluding hydrogens is 173 g/mol. The summed E-state index contributed by atoms with van der Waals surface area (Å²) in [4.78, 5) is 0. The number of rotatable bonds is 3. The quantitative estimate of drug-likeness (QED) is 0.618. The fourth-order valence-electron chi connectivity index (χ4n) is 0.510. The molecule has 72 valence electrons. The van der Waals surface area contributed by atoms with Crippen molar-refractivity contribution in [2.75, 3.05) is 0 Å². The summed E-state index contributed by atoms with van der Waals surface area (Å²) >= 11 is 0. The number of hydrogen-bond acceptors (Lipinski definition) is 0. The Morgan fingerprint density at radius 1 is 1.08 bits per heavy atom. The third-order valence-electron chi connectivity index (χ3n) is 0.991. The topological polar surface area (TPSA) is 23.8 Å². The van der Waals surface area contributed by atoms with Crippen LogP contribution in [0.4, 0.5) is 0 Å². The van der Waals surface area contributed by atoms with E-state index >= 15 is 0 Å². The molecule has 0 bridgehead atoms. The molecule has 0 aliphatic carbocycles. The molecule has 1 nitrogen and oxygen atoms in total. The summed E-state index contributed by atoms with van der Waals surface area (Å²) in [6.07, 6.45) is 3.50. The molecule has 0 saturated heterocycles. The molecule has 0 aliphatic heterocycles. The van der Waals surface area contributed by atoms with Crippen LogP contribution in [0.25, 0.3) is 5.73 Å². The summed E-state index contributed by atoms with van der Waals surface area (Å²) in [6, 6.07) is 0.153. The second-order valence-corrected chi connectivity index (χ2v) is 2.04. The molecule has 12 heavy (non-hydrogen) atoms. The van der Waals surface area contributed by atoms with E-state index in [1.807, 2.05) is 34.6 Å². The molecule has 1 unspecified atom stereocenters. The second-order valence-electron chi connectivity index (χ2n) is 2.04. The van der Waals surface area contributed by atoms with Crippen molar-refractivity contribution in [3.05, 3.63) is 5.73 Å². The van der Waals surface area contributed by atoms with Crippen molar-refractivity contribution < 1.29 is 51.4 Å². The molecule has 0 heterocycles. The molecule has 0 aromatic rings. The van der Waals surface area contributed by atoms with Gasteiger partial charge in [-0.15, -0.1) is 6.04 Å². The summed E-state index contributed by atoms with van der Waals surface area (Å²) in [5, 5.41) is 0. The van der Waals surface area contributed by atoms with Crippen molar-refractivity contribution in [2.45, 2.75) is 66.8 Å². The Bertz CT molecular complexity index is 38.8. The van der Waals surface area contributed by atoms with Crippen molar-refractivity contribution in [1.29, 1.82) is 0 Å². The standard InChI is InChI=1S/C6H14N.2C2H6.K/c1-3-4-5-6(2)7;2*1-2;/h6-7H,3-5H2,1-2H3;2*1-2H3;/q-1;;;+1. The maximum absolute atomic E-state index is 7.08. The van der Waals surface area contributed by atoms with E-state index in [-0.39, 0.29) is 57.4 Å². The summed E-state index contributed by atoms with van der Waals surface area (Å²) < 4.78 is 0. The maximum Gasteiger partial charge on any atom is 1.00 e. The van der Waals surface area contributed by atoms with Crippen LogP contribution in [-0.2, 0) is 0 Å². The third kappa shape index (κ3) is 41.6. The maximum atomic E-state index is 7.08. The first-order valence-electron chi connectivity index (χ1n) is 4.98. The van der Waals surface area contributed by atoms with Gasteiger partial charge in [0.15, 0.2) is 0 Å². The predicted molar refractivity (Wildman–Crippen MR) is 56.0 cm³/mol. The number of nitrogens with one attached hydrogen (secondary N) is 1. The summed E-state index contributed by atoms with van der Waals surface area (Å²) in [5.41, 5.74) is 7.08. The fourth-order valence-corrected chi connectivity index (χ4v) is 0.510. The van der Waals surface area contributed by atoms with Crippen LogP contribution in [0.5, 0.6) is 0 Å². The van der Waals surface area contributed by atoms with E-state index in [9.17, 15) is 0 Å². The van der Waals surface area contributed by atoms with E-state index in [2.05, 4.69) is 6.92 Å². The minimum atomic E-state index is 0. The van der Waals surface area contributed by atoms with Crippen molar-refractivity contribution in [2.24, 2.45) is 0 Å². The second kappa shape index (κ2) is 29.4. The first-order valence-corrected chi connectivity index (χ1v) is 4.98. The van der Waals surface area contributed by atoms with Gasteiger partial charge in [-0.1, -0.05) is 60.8 Å². The van der Waals surface area contributed by atoms with Crippen LogP contribution >= 0.6 is 0 Å². The first kappa shape index (κ1) is 23.4. The smallest absolute Gasteiger partial charge is 0.675 e. The van der Waals surface area contributed by atoms with E-state index in [1.165, 1.54) is 12.8 Å². The third-order valence-corrected chi connectivity index (χ3v) is 0.991. The fraction of sp³-hybridized carbons (Fsp3) is 1.00. The normalized spacial score (nSPS) is 9.25. The molecule has 0 rings (SSSR count). The first-order chi connectivity index (χ1) is 5.27. The molecule has 1 N–H and O–H groups in total. The molecule has 0 fully saturated rings. The van der Waals surface area contributed by atoms with Crippen LogP contribution in [-0.4, -0.2) is 6.04 Å². The zero-order valence-electron chi connectivity index (χ0n) is 10.2. The molecule has 0 amide bonds. The van der Waals surface area contributed by atoms with Gasteiger partial charge in [-0.2, -0.15) is 0 Å². The Morgan fingerprint density at radius 3 is 1.50 bits per heavy atom. The largest absolute Gasteiger partial charge is 1.00 e. The van der Waals surface area contributed by atoms with Gasteiger partial charge in [0, 0.05) is 0 Å². The molecule has 0 spiro atoms. The average molecular weight is 199 g/mol. The van der Waals surface area contributed by atoms with Gasteiger partial charge in [-0.05, 0) is 0 Å². The van der Waals surface area contributed by atoms with E-state index in [0.717, 1.165) is 6.42 Å². The Hall–Kier alpha value is 1.60. The monoisotopic (exact) mass is 199 g/mol. The van der Waals surface area contributed by atoms with Gasteiger partial charge in [0.25, 0.3) is 0 Å². The zero-order valence-corrected chi connectivity index (χ0v) is 13.3. The zero-order chi connectivity index (χ0) is 9.70. The number of unbranched alkanes of at least 4 members (excludes halogenated alkanes) is 1. The van der Waals surface area contributed by atoms with Crippen molar-refractivity contribution in [3.8, 4) is 0 Å². The van der Waals surface area contributed by atoms with Crippen LogP contribution in [0, 0.1) is 0 Å². The molecule has 0 saturated carbocycles. The van der Waals surface area contributed by atoms with E-state index < -0.39 is 0 Å². The summed E-state index contributed by atoms with van der Waals surface area (Å²) in [6.45, 7) is 12.1. The Kier molecular flexibility index (Phi) is 57.3. The van der Waals surface area contributed by atoms with Gasteiger partial charge in [0.2, 0.25) is 0 Å². The van der Waals surface area contributed by atoms with Crippen LogP contribution in [0.3, 0.4) is 0 Å². The van der Waals surface area contributed by atoms with Crippen LogP contribution in [0.1, 0.15) is 60.8 Å². The van der Waals surface area contributed by atoms with Gasteiger partial charge in [-0.25, -0.2) is 0 Å². The van der Waals surface area contributed by atoms with Crippen molar-refractivity contribution in [1.82, 2.24) is 0 Å². The van der Waals surface area contributed by atoms with Gasteiger partial charge < -0.3 is 5.73 Å². The van der Waals surface area contributed by atoms with Gasteiger partial charge >= 0.3 is 51.4 Å². The van der Waals surface area contributed by atoms with Gasteiger partial charge in [0.05, 0.1) is 0 Å². The SMILES string of the molecule is CC.CC.CCCCC(C)[NH-].[K+]. The van der Waals surface area contributed by atoms with Crippen LogP contribution in [0.15, 0.2) is 0 Å². The van der Waals surface area contributed by atoms with Crippen LogP contribution < -0.4 is 51.4 Å². The Morgan fingerprint density at radius 2 is 1.42 bits per heavy atom. The predicted octanol–water partition coefficient (Wildman–Crippen LogP) is 1.67. The molecule has 0 aliphatic rings. The van der Waals surface area contributed by atoms with E-state index in [0.29, 0.717) is 0 Å². The molecule has 0 aromatic heterocycles. The molecule has 0 aromatic carbocycles. The average Bonchev–Trinajstić information content (AvgIpc) is 2.08. The number of hydrogen-bond donors (Lipinski definition) is 0. The Labute approximate surface area is 122 Å².